The van der Waals surface area contributed by atoms with Crippen LogP contribution >= 0.6 is 15.9 Å². The summed E-state index contributed by atoms with van der Waals surface area (Å²) in [6, 6.07) is 7.03. The lowest BCUT2D eigenvalue weighted by atomic mass is 9.80. The van der Waals surface area contributed by atoms with Gasteiger partial charge < -0.3 is 4.98 Å². The average Bonchev–Trinajstić information content (AvgIpc) is 2.69. The second kappa shape index (κ2) is 3.97. The Labute approximate surface area is 121 Å². The van der Waals surface area contributed by atoms with Crippen LogP contribution in [-0.4, -0.2) is 29.5 Å². The van der Waals surface area contributed by atoms with Gasteiger partial charge in [-0.3, -0.25) is 4.90 Å². The molecule has 1 aromatic heterocycles. The summed E-state index contributed by atoms with van der Waals surface area (Å²) in [7, 11) is 2.21. The Balaban J connectivity index is 2.04. The van der Waals surface area contributed by atoms with Gasteiger partial charge in [0.25, 0.3) is 0 Å². The molecule has 0 saturated carbocycles. The predicted molar refractivity (Wildman–Crippen MR) is 82.9 cm³/mol. The van der Waals surface area contributed by atoms with E-state index in [2.05, 4.69) is 64.1 Å². The zero-order valence-corrected chi connectivity index (χ0v) is 12.5. The zero-order valence-electron chi connectivity index (χ0n) is 10.9. The van der Waals surface area contributed by atoms with Gasteiger partial charge in [-0.1, -0.05) is 18.2 Å². The summed E-state index contributed by atoms with van der Waals surface area (Å²) in [5.74, 6) is 0.385. The van der Waals surface area contributed by atoms with Crippen LogP contribution in [-0.2, 0) is 6.42 Å². The molecule has 4 rings (SSSR count). The lowest BCUT2D eigenvalue weighted by molar-refractivity contribution is 0.260. The molecule has 0 amide bonds. The number of halogens is 1. The molecule has 0 unspecified atom stereocenters. The van der Waals surface area contributed by atoms with Gasteiger partial charge in [-0.05, 0) is 65.0 Å². The minimum atomic E-state index is 0.385. The summed E-state index contributed by atoms with van der Waals surface area (Å²) >= 11 is 3.68. The largest absolute Gasteiger partial charge is 0.349 e. The lowest BCUT2D eigenvalue weighted by Crippen LogP contribution is -2.41. The number of hydrogen-bond donors (Lipinski definition) is 1. The van der Waals surface area contributed by atoms with Crippen LogP contribution in [0.2, 0.25) is 0 Å². The van der Waals surface area contributed by atoms with Crippen LogP contribution in [0, 0.1) is 12.8 Å². The topological polar surface area (TPSA) is 19.0 Å². The fourth-order valence-electron chi connectivity index (χ4n) is 3.60. The van der Waals surface area contributed by atoms with Gasteiger partial charge >= 0.3 is 0 Å². The molecule has 1 radical (unpaired) electrons. The number of likely N-dealkylation sites (N-methyl/N-ethyl adjacent to an activating group) is 1. The van der Waals surface area contributed by atoms with Gasteiger partial charge in [0.2, 0.25) is 0 Å². The van der Waals surface area contributed by atoms with Gasteiger partial charge in [0.05, 0.1) is 4.60 Å². The van der Waals surface area contributed by atoms with E-state index in [0.717, 1.165) is 17.6 Å². The minimum absolute atomic E-state index is 0.385. The Morgan fingerprint density at radius 2 is 2.26 bits per heavy atom. The van der Waals surface area contributed by atoms with Crippen LogP contribution in [0.5, 0.6) is 0 Å². The number of aromatic amines is 1. The second-order valence-electron chi connectivity index (χ2n) is 5.69. The van der Waals surface area contributed by atoms with Crippen molar-refractivity contribution >= 4 is 32.4 Å². The highest BCUT2D eigenvalue weighted by molar-refractivity contribution is 9.10. The van der Waals surface area contributed by atoms with Gasteiger partial charge in [-0.2, -0.15) is 0 Å². The smallest absolute Gasteiger partial charge is 0.0864 e. The van der Waals surface area contributed by atoms with E-state index in [0.29, 0.717) is 12.0 Å². The van der Waals surface area contributed by atoms with Crippen molar-refractivity contribution in [1.82, 2.24) is 9.88 Å². The Morgan fingerprint density at radius 3 is 3.11 bits per heavy atom. The molecule has 1 aliphatic heterocycles. The number of H-pyrrole nitrogens is 1. The van der Waals surface area contributed by atoms with Crippen LogP contribution in [0.1, 0.15) is 11.1 Å². The third-order valence-corrected chi connectivity index (χ3v) is 5.09. The van der Waals surface area contributed by atoms with Gasteiger partial charge in [-0.25, -0.2) is 0 Å². The normalized spacial score (nSPS) is 26.4. The fourth-order valence-corrected chi connectivity index (χ4v) is 4.17. The van der Waals surface area contributed by atoms with Gasteiger partial charge in [0, 0.05) is 23.5 Å². The molecular weight excluding hydrogens is 300 g/mol. The highest BCUT2D eigenvalue weighted by atomic mass is 79.9. The maximum Gasteiger partial charge on any atom is 0.0864 e. The summed E-state index contributed by atoms with van der Waals surface area (Å²) < 4.78 is 1.14. The molecule has 97 valence electrons. The van der Waals surface area contributed by atoms with Gasteiger partial charge in [0.15, 0.2) is 0 Å². The number of hydrogen-bond acceptors (Lipinski definition) is 1. The van der Waals surface area contributed by atoms with Crippen molar-refractivity contribution < 1.29 is 0 Å². The fraction of sp³-hybridized carbons (Fsp3) is 0.312. The first-order chi connectivity index (χ1) is 9.15. The number of aromatic nitrogens is 1. The molecule has 3 heteroatoms. The molecule has 0 spiro atoms. The third kappa shape index (κ3) is 1.58. The molecule has 2 aromatic rings. The Kier molecular flexibility index (Phi) is 2.45. The number of benzene rings is 1. The van der Waals surface area contributed by atoms with E-state index >= 15 is 0 Å². The zero-order chi connectivity index (χ0) is 13.1. The Hall–Kier alpha value is -1.06. The molecule has 2 heterocycles. The number of nitrogens with zero attached hydrogens (tertiary/aromatic N) is 1. The second-order valence-corrected chi connectivity index (χ2v) is 6.48. The summed E-state index contributed by atoms with van der Waals surface area (Å²) in [6.07, 6.45) is 3.44. The van der Waals surface area contributed by atoms with Crippen LogP contribution in [0.3, 0.4) is 0 Å². The third-order valence-electron chi connectivity index (χ3n) is 4.41. The van der Waals surface area contributed by atoms with Crippen LogP contribution in [0.4, 0.5) is 0 Å². The first-order valence-corrected chi connectivity index (χ1v) is 7.49. The highest BCUT2D eigenvalue weighted by Gasteiger charge is 2.33. The maximum atomic E-state index is 4.23. The van der Waals surface area contributed by atoms with Crippen molar-refractivity contribution in [1.29, 1.82) is 0 Å². The van der Waals surface area contributed by atoms with E-state index < -0.39 is 0 Å². The van der Waals surface area contributed by atoms with Crippen molar-refractivity contribution in [2.75, 3.05) is 13.6 Å². The standard InChI is InChI=1S/C16H16BrN2/c1-9-6-11-10-4-3-5-13-15(10)12(16(17)18-13)7-14(11)19(2)8-9/h3-6,9,14,18H,1,7-8H2,2H3/t9-,14-/m1/s1. The van der Waals surface area contributed by atoms with E-state index in [-0.39, 0.29) is 0 Å². The van der Waals surface area contributed by atoms with E-state index in [9.17, 15) is 0 Å². The highest BCUT2D eigenvalue weighted by Crippen LogP contribution is 2.43. The van der Waals surface area contributed by atoms with Gasteiger partial charge in [-0.15, -0.1) is 0 Å². The number of fused-ring (bicyclic) bond motifs is 2. The SMILES string of the molecule is [CH2][C@@H]1C=C2c3cccc4[nH]c(Br)c(c34)C[C@H]2N(C)C1. The summed E-state index contributed by atoms with van der Waals surface area (Å²) in [6.45, 7) is 5.27. The summed E-state index contributed by atoms with van der Waals surface area (Å²) in [5.41, 5.74) is 5.49. The minimum Gasteiger partial charge on any atom is -0.349 e. The quantitative estimate of drug-likeness (QED) is 0.786. The molecule has 2 nitrogen and oxygen atoms in total. The maximum absolute atomic E-state index is 4.23. The van der Waals surface area contributed by atoms with Crippen LogP contribution < -0.4 is 0 Å². The molecule has 2 aliphatic rings. The Morgan fingerprint density at radius 1 is 1.42 bits per heavy atom. The number of nitrogens with one attached hydrogen (secondary N) is 1. The van der Waals surface area contributed by atoms with Crippen molar-refractivity contribution in [2.45, 2.75) is 12.5 Å². The molecule has 1 aromatic carbocycles. The average molecular weight is 316 g/mol. The molecule has 0 fully saturated rings. The van der Waals surface area contributed by atoms with Gasteiger partial charge in [0.1, 0.15) is 0 Å². The summed E-state index contributed by atoms with van der Waals surface area (Å²) in [5, 5.41) is 1.39. The van der Waals surface area contributed by atoms with E-state index in [4.69, 9.17) is 0 Å². The van der Waals surface area contributed by atoms with E-state index in [1.54, 1.807) is 0 Å². The summed E-state index contributed by atoms with van der Waals surface area (Å²) in [4.78, 5) is 5.89. The van der Waals surface area contributed by atoms with Crippen molar-refractivity contribution in [3.05, 3.63) is 46.9 Å². The molecule has 19 heavy (non-hydrogen) atoms. The van der Waals surface area contributed by atoms with Crippen LogP contribution in [0.25, 0.3) is 16.5 Å². The van der Waals surface area contributed by atoms with Crippen LogP contribution in [0.15, 0.2) is 28.9 Å². The van der Waals surface area contributed by atoms with E-state index in [1.165, 1.54) is 27.6 Å². The van der Waals surface area contributed by atoms with E-state index in [1.807, 2.05) is 0 Å². The monoisotopic (exact) mass is 315 g/mol. The first kappa shape index (κ1) is 11.7. The Bertz CT molecular complexity index is 698. The molecule has 1 N–H and O–H groups in total. The molecule has 2 atom stereocenters. The number of rotatable bonds is 0. The lowest BCUT2D eigenvalue weighted by Gasteiger charge is -2.39. The molecule has 0 saturated heterocycles. The molecule has 0 bridgehead atoms. The molecule has 1 aliphatic carbocycles. The first-order valence-electron chi connectivity index (χ1n) is 6.69. The van der Waals surface area contributed by atoms with Crippen molar-refractivity contribution in [3.8, 4) is 0 Å². The molecular formula is C16H16BrN2. The van der Waals surface area contributed by atoms with Crippen molar-refractivity contribution in [2.24, 2.45) is 5.92 Å². The predicted octanol–water partition coefficient (Wildman–Crippen LogP) is 3.63. The van der Waals surface area contributed by atoms with Crippen molar-refractivity contribution in [3.63, 3.8) is 0 Å².